The lowest BCUT2D eigenvalue weighted by atomic mass is 10.1. The van der Waals surface area contributed by atoms with Crippen LogP contribution < -0.4 is 10.5 Å². The van der Waals surface area contributed by atoms with E-state index in [9.17, 15) is 13.2 Å². The van der Waals surface area contributed by atoms with Crippen LogP contribution in [-0.4, -0.2) is 24.5 Å². The van der Waals surface area contributed by atoms with Gasteiger partial charge in [0.05, 0.1) is 19.8 Å². The van der Waals surface area contributed by atoms with E-state index >= 15 is 0 Å². The predicted octanol–water partition coefficient (Wildman–Crippen LogP) is 5.84. The molecule has 1 aromatic heterocycles. The molecule has 0 aliphatic rings. The maximum absolute atomic E-state index is 13.1. The average Bonchev–Trinajstić information content (AvgIpc) is 3.20. The van der Waals surface area contributed by atoms with E-state index in [2.05, 4.69) is 4.98 Å². The third kappa shape index (κ3) is 4.53. The number of H-pyrrole nitrogens is 1. The molecule has 170 valence electrons. The van der Waals surface area contributed by atoms with Crippen molar-refractivity contribution in [3.05, 3.63) is 81.4 Å². The molecule has 0 fully saturated rings. The van der Waals surface area contributed by atoms with Crippen LogP contribution >= 0.6 is 34.8 Å². The first-order valence-corrected chi connectivity index (χ1v) is 12.0. The smallest absolute Gasteiger partial charge is 0.325 e. The second kappa shape index (κ2) is 8.89. The number of halogens is 3. The summed E-state index contributed by atoms with van der Waals surface area (Å²) in [6, 6.07) is 12.1. The highest BCUT2D eigenvalue weighted by atomic mass is 35.5. The normalized spacial score (nSPS) is 12.6. The molecule has 7 nitrogen and oxygen atoms in total. The van der Waals surface area contributed by atoms with Gasteiger partial charge >= 0.3 is 5.97 Å². The molecule has 1 atom stereocenters. The number of carbonyl (C=O) groups is 1. The minimum absolute atomic E-state index is 0.0531. The van der Waals surface area contributed by atoms with E-state index in [1.165, 1.54) is 48.7 Å². The van der Waals surface area contributed by atoms with Gasteiger partial charge in [0.2, 0.25) is 9.84 Å². The van der Waals surface area contributed by atoms with Crippen LogP contribution in [0.2, 0.25) is 15.1 Å². The average molecular weight is 526 g/mol. The molecule has 0 aliphatic carbocycles. The number of sulfone groups is 1. The van der Waals surface area contributed by atoms with Crippen molar-refractivity contribution in [2.24, 2.45) is 5.73 Å². The summed E-state index contributed by atoms with van der Waals surface area (Å²) in [5, 5.41) is 10.0. The summed E-state index contributed by atoms with van der Waals surface area (Å²) in [6.07, 6.45) is 1.40. The van der Waals surface area contributed by atoms with Crippen LogP contribution in [0.5, 0.6) is 11.5 Å². The first kappa shape index (κ1) is 23.4. The molecule has 0 bridgehead atoms. The van der Waals surface area contributed by atoms with E-state index < -0.39 is 21.8 Å². The Labute approximate surface area is 203 Å². The Morgan fingerprint density at radius 2 is 1.64 bits per heavy atom. The Bertz CT molecular complexity index is 1460. The van der Waals surface area contributed by atoms with Gasteiger partial charge in [-0.05, 0) is 60.2 Å². The number of aromatic nitrogens is 1. The summed E-state index contributed by atoms with van der Waals surface area (Å²) in [5.74, 6) is -0.881. The largest absolute Gasteiger partial charge is 0.480 e. The van der Waals surface area contributed by atoms with Crippen molar-refractivity contribution in [3.8, 4) is 11.5 Å². The molecule has 0 unspecified atom stereocenters. The second-order valence-corrected chi connectivity index (χ2v) is 10.2. The molecule has 0 spiro atoms. The molecule has 1 heterocycles. The molecule has 11 heteroatoms. The topological polar surface area (TPSA) is 122 Å². The fourth-order valence-electron chi connectivity index (χ4n) is 3.22. The van der Waals surface area contributed by atoms with Crippen molar-refractivity contribution >= 4 is 61.5 Å². The number of aromatic amines is 1. The van der Waals surface area contributed by atoms with Crippen molar-refractivity contribution in [2.75, 3.05) is 0 Å². The summed E-state index contributed by atoms with van der Waals surface area (Å²) in [5.41, 5.74) is 6.41. The quantitative estimate of drug-likeness (QED) is 0.291. The van der Waals surface area contributed by atoms with Gasteiger partial charge in [-0.3, -0.25) is 4.79 Å². The van der Waals surface area contributed by atoms with E-state index in [1.54, 1.807) is 12.1 Å². The van der Waals surface area contributed by atoms with Crippen LogP contribution in [0.1, 0.15) is 11.6 Å². The summed E-state index contributed by atoms with van der Waals surface area (Å²) in [4.78, 5) is 14.2. The van der Waals surface area contributed by atoms with Gasteiger partial charge in [-0.25, -0.2) is 8.42 Å². The minimum Gasteiger partial charge on any atom is -0.480 e. The van der Waals surface area contributed by atoms with Gasteiger partial charge in [-0.1, -0.05) is 34.8 Å². The molecular formula is C22H15Cl3N2O5S. The highest BCUT2D eigenvalue weighted by Crippen LogP contribution is 2.40. The lowest BCUT2D eigenvalue weighted by Crippen LogP contribution is -2.20. The number of nitrogens with two attached hydrogens (primary N) is 1. The van der Waals surface area contributed by atoms with Gasteiger partial charge < -0.3 is 20.6 Å². The SMILES string of the molecule is N[C@H](C(=O)O)c1cc(Cl)c(Oc2ccc3[nH]cc(S(=O)(=O)c4ccc(Cl)cc4)c3c2)c(Cl)c1. The molecule has 0 radical (unpaired) electrons. The Morgan fingerprint density at radius 1 is 1.00 bits per heavy atom. The van der Waals surface area contributed by atoms with Crippen LogP contribution in [0.3, 0.4) is 0 Å². The summed E-state index contributed by atoms with van der Waals surface area (Å²) in [6.45, 7) is 0. The molecule has 0 saturated carbocycles. The number of carboxylic acid groups (broad SMARTS) is 1. The summed E-state index contributed by atoms with van der Waals surface area (Å²) in [7, 11) is -3.84. The van der Waals surface area contributed by atoms with Crippen molar-refractivity contribution in [3.63, 3.8) is 0 Å². The monoisotopic (exact) mass is 524 g/mol. The molecule has 4 N–H and O–H groups in total. The van der Waals surface area contributed by atoms with Gasteiger partial charge in [-0.15, -0.1) is 0 Å². The van der Waals surface area contributed by atoms with Crippen molar-refractivity contribution in [1.29, 1.82) is 0 Å². The van der Waals surface area contributed by atoms with Crippen LogP contribution in [0.4, 0.5) is 0 Å². The highest BCUT2D eigenvalue weighted by molar-refractivity contribution is 7.91. The third-order valence-electron chi connectivity index (χ3n) is 4.89. The fraction of sp³-hybridized carbons (Fsp3) is 0.0455. The van der Waals surface area contributed by atoms with E-state index in [1.807, 2.05) is 0 Å². The van der Waals surface area contributed by atoms with Crippen LogP contribution in [-0.2, 0) is 14.6 Å². The van der Waals surface area contributed by atoms with Crippen molar-refractivity contribution < 1.29 is 23.1 Å². The predicted molar refractivity (Wildman–Crippen MR) is 126 cm³/mol. The second-order valence-electron chi connectivity index (χ2n) is 7.05. The number of hydrogen-bond acceptors (Lipinski definition) is 5. The van der Waals surface area contributed by atoms with E-state index in [-0.39, 0.29) is 36.9 Å². The lowest BCUT2D eigenvalue weighted by molar-refractivity contribution is -0.138. The number of nitrogens with one attached hydrogen (secondary N) is 1. The molecule has 0 amide bonds. The molecule has 33 heavy (non-hydrogen) atoms. The van der Waals surface area contributed by atoms with E-state index in [0.29, 0.717) is 15.9 Å². The van der Waals surface area contributed by atoms with Crippen LogP contribution in [0.25, 0.3) is 10.9 Å². The van der Waals surface area contributed by atoms with Crippen molar-refractivity contribution in [1.82, 2.24) is 4.98 Å². The number of ether oxygens (including phenoxy) is 1. The highest BCUT2D eigenvalue weighted by Gasteiger charge is 2.23. The van der Waals surface area contributed by atoms with Gasteiger partial charge in [0.1, 0.15) is 11.8 Å². The van der Waals surface area contributed by atoms with Gasteiger partial charge in [0, 0.05) is 22.1 Å². The first-order chi connectivity index (χ1) is 15.6. The zero-order chi connectivity index (χ0) is 23.9. The summed E-state index contributed by atoms with van der Waals surface area (Å²) >= 11 is 18.4. The Hall–Kier alpha value is -2.75. The Balaban J connectivity index is 1.73. The maximum atomic E-state index is 13.1. The zero-order valence-corrected chi connectivity index (χ0v) is 19.6. The molecular weight excluding hydrogens is 511 g/mol. The van der Waals surface area contributed by atoms with E-state index in [4.69, 9.17) is 50.4 Å². The third-order valence-corrected chi connectivity index (χ3v) is 7.52. The van der Waals surface area contributed by atoms with E-state index in [0.717, 1.165) is 0 Å². The number of rotatable bonds is 6. The summed E-state index contributed by atoms with van der Waals surface area (Å²) < 4.78 is 32.1. The fourth-order valence-corrected chi connectivity index (χ4v) is 5.35. The Morgan fingerprint density at radius 3 is 2.24 bits per heavy atom. The lowest BCUT2D eigenvalue weighted by Gasteiger charge is -2.13. The number of benzene rings is 3. The number of carboxylic acids is 1. The van der Waals surface area contributed by atoms with Crippen molar-refractivity contribution in [2.45, 2.75) is 15.8 Å². The molecule has 3 aromatic carbocycles. The first-order valence-electron chi connectivity index (χ1n) is 9.35. The molecule has 4 aromatic rings. The molecule has 0 aliphatic heterocycles. The van der Waals surface area contributed by atoms with Gasteiger partial charge in [-0.2, -0.15) is 0 Å². The molecule has 4 rings (SSSR count). The Kier molecular flexibility index (Phi) is 6.30. The number of fused-ring (bicyclic) bond motifs is 1. The van der Waals surface area contributed by atoms with Crippen LogP contribution in [0, 0.1) is 0 Å². The van der Waals surface area contributed by atoms with Gasteiger partial charge in [0.15, 0.2) is 5.75 Å². The standard InChI is InChI=1S/C22H15Cl3N2O5S/c23-12-1-4-14(5-2-12)33(30,31)19-10-27-18-6-3-13(9-15(18)19)32-21-16(24)7-11(8-17(21)25)20(26)22(28)29/h1-10,20,27H,26H2,(H,28,29)/t20-/m0/s1. The van der Waals surface area contributed by atoms with Crippen LogP contribution in [0.15, 0.2) is 70.6 Å². The number of aliphatic carboxylic acids is 1. The maximum Gasteiger partial charge on any atom is 0.325 e. The molecule has 0 saturated heterocycles. The minimum atomic E-state index is -3.84. The number of hydrogen-bond donors (Lipinski definition) is 3. The van der Waals surface area contributed by atoms with Gasteiger partial charge in [0.25, 0.3) is 0 Å². The zero-order valence-electron chi connectivity index (χ0n) is 16.6.